The Morgan fingerprint density at radius 1 is 1.53 bits per heavy atom. The summed E-state index contributed by atoms with van der Waals surface area (Å²) >= 11 is 0. The second-order valence-corrected chi connectivity index (χ2v) is 4.42. The summed E-state index contributed by atoms with van der Waals surface area (Å²) in [5.41, 5.74) is 1.21. The number of carbonyl (C=O) groups is 1. The third kappa shape index (κ3) is 3.41. The van der Waals surface area contributed by atoms with E-state index >= 15 is 0 Å². The molecule has 1 aliphatic rings. The van der Waals surface area contributed by atoms with Gasteiger partial charge in [-0.3, -0.25) is 10.1 Å². The van der Waals surface area contributed by atoms with E-state index in [9.17, 15) is 14.9 Å². The van der Waals surface area contributed by atoms with E-state index in [-0.39, 0.29) is 17.8 Å². The molecule has 0 radical (unpaired) electrons. The molecule has 2 N–H and O–H groups in total. The van der Waals surface area contributed by atoms with E-state index in [4.69, 9.17) is 4.74 Å². The van der Waals surface area contributed by atoms with Gasteiger partial charge in [0.1, 0.15) is 0 Å². The Labute approximate surface area is 110 Å². The molecule has 1 fully saturated rings. The zero-order valence-corrected chi connectivity index (χ0v) is 10.5. The summed E-state index contributed by atoms with van der Waals surface area (Å²) < 4.78 is 5.16. The first-order chi connectivity index (χ1) is 9.06. The molecule has 0 aliphatic carbocycles. The number of nitrogens with zero attached hydrogens (tertiary/aromatic N) is 1. The van der Waals surface area contributed by atoms with Crippen molar-refractivity contribution in [2.75, 3.05) is 18.5 Å². The van der Waals surface area contributed by atoms with Gasteiger partial charge in [0.15, 0.2) is 0 Å². The summed E-state index contributed by atoms with van der Waals surface area (Å²) in [6.45, 7) is 2.88. The molecule has 102 valence electrons. The lowest BCUT2D eigenvalue weighted by Crippen LogP contribution is -2.38. The number of anilines is 1. The van der Waals surface area contributed by atoms with E-state index in [0.717, 1.165) is 6.42 Å². The monoisotopic (exact) mass is 265 g/mol. The largest absolute Gasteiger partial charge is 0.379 e. The Hall–Kier alpha value is -2.15. The Morgan fingerprint density at radius 2 is 2.32 bits per heavy atom. The fourth-order valence-electron chi connectivity index (χ4n) is 1.89. The number of non-ortho nitro benzene ring substituents is 1. The predicted octanol–water partition coefficient (Wildman–Crippen LogP) is 1.81. The molecule has 1 atom stereocenters. The average molecular weight is 265 g/mol. The highest BCUT2D eigenvalue weighted by molar-refractivity contribution is 5.90. The molecule has 1 aromatic rings. The zero-order valence-electron chi connectivity index (χ0n) is 10.5. The molecule has 1 aliphatic heterocycles. The van der Waals surface area contributed by atoms with Gasteiger partial charge in [-0.15, -0.1) is 0 Å². The molecule has 1 saturated heterocycles. The van der Waals surface area contributed by atoms with Crippen molar-refractivity contribution in [3.63, 3.8) is 0 Å². The molecule has 0 aromatic heterocycles. The van der Waals surface area contributed by atoms with Crippen molar-refractivity contribution in [2.24, 2.45) is 0 Å². The number of benzene rings is 1. The highest BCUT2D eigenvalue weighted by Gasteiger charge is 2.18. The zero-order chi connectivity index (χ0) is 13.8. The van der Waals surface area contributed by atoms with E-state index in [1.165, 1.54) is 18.2 Å². The molecule has 7 nitrogen and oxygen atoms in total. The molecule has 0 bridgehead atoms. The summed E-state index contributed by atoms with van der Waals surface area (Å²) in [4.78, 5) is 21.9. The molecular formula is C12H15N3O4. The fraction of sp³-hybridized carbons (Fsp3) is 0.417. The SMILES string of the molecule is Cc1cc([N+](=O)[O-])ccc1NC(=O)NC1CCOC1. The number of carbonyl (C=O) groups excluding carboxylic acids is 1. The van der Waals surface area contributed by atoms with Crippen LogP contribution < -0.4 is 10.6 Å². The quantitative estimate of drug-likeness (QED) is 0.643. The second-order valence-electron chi connectivity index (χ2n) is 4.42. The van der Waals surface area contributed by atoms with Crippen molar-refractivity contribution in [1.29, 1.82) is 0 Å². The first-order valence-corrected chi connectivity index (χ1v) is 5.96. The summed E-state index contributed by atoms with van der Waals surface area (Å²) in [6.07, 6.45) is 0.798. The molecule has 2 rings (SSSR count). The standard InChI is InChI=1S/C12H15N3O4/c1-8-6-10(15(17)18)2-3-11(8)14-12(16)13-9-4-5-19-7-9/h2-3,6,9H,4-5,7H2,1H3,(H2,13,14,16). The molecule has 1 aromatic carbocycles. The van der Waals surface area contributed by atoms with Crippen molar-refractivity contribution in [3.8, 4) is 0 Å². The number of nitro groups is 1. The summed E-state index contributed by atoms with van der Waals surface area (Å²) in [5.74, 6) is 0. The van der Waals surface area contributed by atoms with Crippen molar-refractivity contribution < 1.29 is 14.5 Å². The molecule has 1 heterocycles. The van der Waals surface area contributed by atoms with Gasteiger partial charge in [0.25, 0.3) is 5.69 Å². The topological polar surface area (TPSA) is 93.5 Å². The van der Waals surface area contributed by atoms with Crippen molar-refractivity contribution in [3.05, 3.63) is 33.9 Å². The minimum Gasteiger partial charge on any atom is -0.379 e. The van der Waals surface area contributed by atoms with Crippen LogP contribution in [0.15, 0.2) is 18.2 Å². The van der Waals surface area contributed by atoms with Crippen LogP contribution in [0.4, 0.5) is 16.2 Å². The first kappa shape index (κ1) is 13.3. The number of rotatable bonds is 3. The van der Waals surface area contributed by atoms with Crippen LogP contribution in [0.1, 0.15) is 12.0 Å². The van der Waals surface area contributed by atoms with Gasteiger partial charge < -0.3 is 15.4 Å². The van der Waals surface area contributed by atoms with Crippen LogP contribution in [0.5, 0.6) is 0 Å². The van der Waals surface area contributed by atoms with Gasteiger partial charge in [-0.1, -0.05) is 0 Å². The highest BCUT2D eigenvalue weighted by Crippen LogP contribution is 2.21. The van der Waals surface area contributed by atoms with Gasteiger partial charge in [0.05, 0.1) is 17.6 Å². The van der Waals surface area contributed by atoms with Crippen LogP contribution in [0, 0.1) is 17.0 Å². The maximum Gasteiger partial charge on any atom is 0.319 e. The van der Waals surface area contributed by atoms with E-state index in [1.807, 2.05) is 0 Å². The predicted molar refractivity (Wildman–Crippen MR) is 69.2 cm³/mol. The minimum absolute atomic E-state index is 0.00708. The number of nitro benzene ring substituents is 1. The molecule has 7 heteroatoms. The van der Waals surface area contributed by atoms with Gasteiger partial charge in [0.2, 0.25) is 0 Å². The van der Waals surface area contributed by atoms with E-state index < -0.39 is 4.92 Å². The average Bonchev–Trinajstić information content (AvgIpc) is 2.84. The second kappa shape index (κ2) is 5.66. The number of aryl methyl sites for hydroxylation is 1. The lowest BCUT2D eigenvalue weighted by Gasteiger charge is -2.13. The molecule has 0 spiro atoms. The van der Waals surface area contributed by atoms with Crippen molar-refractivity contribution in [1.82, 2.24) is 5.32 Å². The summed E-state index contributed by atoms with van der Waals surface area (Å²) in [6, 6.07) is 4.01. The Kier molecular flexibility index (Phi) is 3.96. The Morgan fingerprint density at radius 3 is 2.89 bits per heavy atom. The molecule has 0 saturated carbocycles. The fourth-order valence-corrected chi connectivity index (χ4v) is 1.89. The Balaban J connectivity index is 1.98. The van der Waals surface area contributed by atoms with Gasteiger partial charge >= 0.3 is 6.03 Å². The van der Waals surface area contributed by atoms with Gasteiger partial charge in [0, 0.05) is 24.4 Å². The number of hydrogen-bond acceptors (Lipinski definition) is 4. The van der Waals surface area contributed by atoms with Crippen LogP contribution in [0.3, 0.4) is 0 Å². The molecule has 1 unspecified atom stereocenters. The van der Waals surface area contributed by atoms with Crippen molar-refractivity contribution in [2.45, 2.75) is 19.4 Å². The van der Waals surface area contributed by atoms with Crippen LogP contribution in [0.2, 0.25) is 0 Å². The molecular weight excluding hydrogens is 250 g/mol. The van der Waals surface area contributed by atoms with Crippen molar-refractivity contribution >= 4 is 17.4 Å². The number of nitrogens with one attached hydrogen (secondary N) is 2. The Bertz CT molecular complexity index is 498. The van der Waals surface area contributed by atoms with Crippen LogP contribution in [-0.2, 0) is 4.74 Å². The smallest absolute Gasteiger partial charge is 0.319 e. The minimum atomic E-state index is -0.466. The summed E-state index contributed by atoms with van der Waals surface area (Å²) in [7, 11) is 0. The molecule has 2 amide bonds. The van der Waals surface area contributed by atoms with Crippen LogP contribution >= 0.6 is 0 Å². The number of amides is 2. The van der Waals surface area contributed by atoms with Gasteiger partial charge in [-0.25, -0.2) is 4.79 Å². The van der Waals surface area contributed by atoms with E-state index in [2.05, 4.69) is 10.6 Å². The van der Waals surface area contributed by atoms with Gasteiger partial charge in [-0.05, 0) is 25.0 Å². The third-order valence-electron chi connectivity index (χ3n) is 2.93. The lowest BCUT2D eigenvalue weighted by atomic mass is 10.2. The van der Waals surface area contributed by atoms with E-state index in [1.54, 1.807) is 6.92 Å². The number of ether oxygens (including phenoxy) is 1. The molecule has 19 heavy (non-hydrogen) atoms. The normalized spacial score (nSPS) is 18.1. The van der Waals surface area contributed by atoms with Crippen LogP contribution in [-0.4, -0.2) is 30.2 Å². The number of urea groups is 1. The van der Waals surface area contributed by atoms with E-state index in [0.29, 0.717) is 24.5 Å². The summed E-state index contributed by atoms with van der Waals surface area (Å²) in [5, 5.41) is 16.1. The van der Waals surface area contributed by atoms with Gasteiger partial charge in [-0.2, -0.15) is 0 Å². The third-order valence-corrected chi connectivity index (χ3v) is 2.93. The maximum atomic E-state index is 11.7. The first-order valence-electron chi connectivity index (χ1n) is 5.96. The number of hydrogen-bond donors (Lipinski definition) is 2. The lowest BCUT2D eigenvalue weighted by molar-refractivity contribution is -0.384. The highest BCUT2D eigenvalue weighted by atomic mass is 16.6. The maximum absolute atomic E-state index is 11.7. The van der Waals surface area contributed by atoms with Crippen LogP contribution in [0.25, 0.3) is 0 Å².